The van der Waals surface area contributed by atoms with Crippen molar-refractivity contribution in [3.63, 3.8) is 0 Å². The molecule has 8 heteroatoms. The van der Waals surface area contributed by atoms with E-state index >= 15 is 0 Å². The van der Waals surface area contributed by atoms with Gasteiger partial charge >= 0.3 is 0 Å². The van der Waals surface area contributed by atoms with Crippen molar-refractivity contribution < 1.29 is 14.0 Å². The lowest BCUT2D eigenvalue weighted by Crippen LogP contribution is -2.27. The van der Waals surface area contributed by atoms with E-state index in [2.05, 4.69) is 10.3 Å². The topological polar surface area (TPSA) is 90.0 Å². The molecule has 0 aliphatic rings. The predicted molar refractivity (Wildman–Crippen MR) is 103 cm³/mol. The van der Waals surface area contributed by atoms with Crippen molar-refractivity contribution in [3.05, 3.63) is 59.7 Å². The third-order valence-corrected chi connectivity index (χ3v) is 5.17. The Morgan fingerprint density at radius 1 is 1.26 bits per heavy atom. The average molecular weight is 386 g/mol. The highest BCUT2D eigenvalue weighted by atomic mass is 32.2. The number of aromatic nitrogens is 2. The van der Waals surface area contributed by atoms with Gasteiger partial charge in [0.25, 0.3) is 5.91 Å². The van der Waals surface area contributed by atoms with Gasteiger partial charge in [-0.15, -0.1) is 11.8 Å². The number of nitrogens with zero attached hydrogens (tertiary/aromatic N) is 2. The quantitative estimate of drug-likeness (QED) is 0.610. The van der Waals surface area contributed by atoms with E-state index in [-0.39, 0.29) is 17.5 Å². The number of fused-ring (bicyclic) bond motifs is 1. The smallest absolute Gasteiger partial charge is 0.252 e. The van der Waals surface area contributed by atoms with Crippen molar-refractivity contribution in [1.82, 2.24) is 14.9 Å². The van der Waals surface area contributed by atoms with E-state index in [1.54, 1.807) is 30.3 Å². The third-order valence-electron chi connectivity index (χ3n) is 4.07. The molecule has 3 rings (SSSR count). The average Bonchev–Trinajstić information content (AvgIpc) is 2.95. The van der Waals surface area contributed by atoms with Crippen LogP contribution in [-0.2, 0) is 18.3 Å². The summed E-state index contributed by atoms with van der Waals surface area (Å²) in [6, 6.07) is 11.5. The first-order chi connectivity index (χ1) is 13.0. The SMILES string of the molecule is Cn1c(CCNC(=O)c2ccccc2SCC(N)=O)nc2ccc(F)cc21. The number of hydrogen-bond acceptors (Lipinski definition) is 4. The van der Waals surface area contributed by atoms with E-state index < -0.39 is 5.91 Å². The maximum absolute atomic E-state index is 13.4. The van der Waals surface area contributed by atoms with E-state index in [1.807, 2.05) is 11.6 Å². The number of thioether (sulfide) groups is 1. The van der Waals surface area contributed by atoms with Gasteiger partial charge in [-0.25, -0.2) is 9.37 Å². The molecule has 0 atom stereocenters. The van der Waals surface area contributed by atoms with E-state index in [0.717, 1.165) is 5.82 Å². The lowest BCUT2D eigenvalue weighted by atomic mass is 10.2. The second kappa shape index (κ2) is 8.22. The first kappa shape index (κ1) is 18.9. The number of halogens is 1. The largest absolute Gasteiger partial charge is 0.369 e. The molecule has 0 saturated carbocycles. The zero-order chi connectivity index (χ0) is 19.4. The fourth-order valence-electron chi connectivity index (χ4n) is 2.75. The second-order valence-corrected chi connectivity index (χ2v) is 6.99. The molecule has 0 bridgehead atoms. The lowest BCUT2D eigenvalue weighted by molar-refractivity contribution is -0.115. The Morgan fingerprint density at radius 3 is 2.81 bits per heavy atom. The molecule has 1 aromatic heterocycles. The van der Waals surface area contributed by atoms with Crippen molar-refractivity contribution in [2.45, 2.75) is 11.3 Å². The van der Waals surface area contributed by atoms with Crippen molar-refractivity contribution in [2.75, 3.05) is 12.3 Å². The molecule has 0 fully saturated rings. The summed E-state index contributed by atoms with van der Waals surface area (Å²) in [5, 5.41) is 2.86. The van der Waals surface area contributed by atoms with Crippen molar-refractivity contribution in [3.8, 4) is 0 Å². The van der Waals surface area contributed by atoms with E-state index in [4.69, 9.17) is 5.73 Å². The standard InChI is InChI=1S/C19H19FN4O2S/c1-24-15-10-12(20)6-7-14(15)23-18(24)8-9-22-19(26)13-4-2-3-5-16(13)27-11-17(21)25/h2-7,10H,8-9,11H2,1H3,(H2,21,25)(H,22,26). The molecule has 0 aliphatic carbocycles. The molecule has 6 nitrogen and oxygen atoms in total. The van der Waals surface area contributed by atoms with Crippen LogP contribution in [0.15, 0.2) is 47.4 Å². The van der Waals surface area contributed by atoms with Gasteiger partial charge in [0.2, 0.25) is 5.91 Å². The molecule has 1 heterocycles. The van der Waals surface area contributed by atoms with Gasteiger partial charge < -0.3 is 15.6 Å². The maximum atomic E-state index is 13.4. The zero-order valence-corrected chi connectivity index (χ0v) is 15.6. The first-order valence-corrected chi connectivity index (χ1v) is 9.33. The Morgan fingerprint density at radius 2 is 2.04 bits per heavy atom. The highest BCUT2D eigenvalue weighted by Gasteiger charge is 2.13. The number of nitrogens with two attached hydrogens (primary N) is 1. The van der Waals surface area contributed by atoms with Gasteiger partial charge in [-0.1, -0.05) is 12.1 Å². The second-order valence-electron chi connectivity index (χ2n) is 5.98. The molecule has 0 saturated heterocycles. The molecule has 2 aromatic carbocycles. The number of benzene rings is 2. The summed E-state index contributed by atoms with van der Waals surface area (Å²) in [6.07, 6.45) is 0.509. The van der Waals surface area contributed by atoms with Crippen molar-refractivity contribution in [1.29, 1.82) is 0 Å². The number of carbonyl (C=O) groups is 2. The van der Waals surface area contributed by atoms with Gasteiger partial charge in [-0.05, 0) is 30.3 Å². The minimum Gasteiger partial charge on any atom is -0.369 e. The Kier molecular flexibility index (Phi) is 5.75. The molecule has 0 aliphatic heterocycles. The summed E-state index contributed by atoms with van der Waals surface area (Å²) in [7, 11) is 1.82. The molecule has 140 valence electrons. The molecule has 0 radical (unpaired) electrons. The summed E-state index contributed by atoms with van der Waals surface area (Å²) >= 11 is 1.23. The molecule has 3 N–H and O–H groups in total. The van der Waals surface area contributed by atoms with Crippen LogP contribution in [0.5, 0.6) is 0 Å². The number of primary amides is 1. The lowest BCUT2D eigenvalue weighted by Gasteiger charge is -2.09. The van der Waals surface area contributed by atoms with Crippen LogP contribution in [0.25, 0.3) is 11.0 Å². The Labute approximate surface area is 160 Å². The Balaban J connectivity index is 1.65. The van der Waals surface area contributed by atoms with Crippen molar-refractivity contribution >= 4 is 34.6 Å². The van der Waals surface area contributed by atoms with Crippen LogP contribution in [0.3, 0.4) is 0 Å². The van der Waals surface area contributed by atoms with Gasteiger partial charge in [0.05, 0.1) is 22.3 Å². The van der Waals surface area contributed by atoms with Crippen LogP contribution in [0.4, 0.5) is 4.39 Å². The Hall–Kier alpha value is -2.87. The van der Waals surface area contributed by atoms with E-state index in [0.29, 0.717) is 34.5 Å². The van der Waals surface area contributed by atoms with Gasteiger partial charge in [-0.2, -0.15) is 0 Å². The summed E-state index contributed by atoms with van der Waals surface area (Å²) in [4.78, 5) is 28.6. The third kappa shape index (κ3) is 4.46. The summed E-state index contributed by atoms with van der Waals surface area (Å²) in [5.74, 6) is -0.107. The zero-order valence-electron chi connectivity index (χ0n) is 14.7. The van der Waals surface area contributed by atoms with Crippen LogP contribution < -0.4 is 11.1 Å². The van der Waals surface area contributed by atoms with Gasteiger partial charge in [-0.3, -0.25) is 9.59 Å². The number of carbonyl (C=O) groups excluding carboxylic acids is 2. The number of nitrogens with one attached hydrogen (secondary N) is 1. The van der Waals surface area contributed by atoms with Crippen LogP contribution in [0.1, 0.15) is 16.2 Å². The highest BCUT2D eigenvalue weighted by molar-refractivity contribution is 8.00. The van der Waals surface area contributed by atoms with Crippen LogP contribution in [0.2, 0.25) is 0 Å². The van der Waals surface area contributed by atoms with Crippen molar-refractivity contribution in [2.24, 2.45) is 12.8 Å². The number of amides is 2. The minimum absolute atomic E-state index is 0.112. The maximum Gasteiger partial charge on any atom is 0.252 e. The monoisotopic (exact) mass is 386 g/mol. The first-order valence-electron chi connectivity index (χ1n) is 8.35. The van der Waals surface area contributed by atoms with E-state index in [9.17, 15) is 14.0 Å². The van der Waals surface area contributed by atoms with Gasteiger partial charge in [0.1, 0.15) is 11.6 Å². The molecular formula is C19H19FN4O2S. The summed E-state index contributed by atoms with van der Waals surface area (Å²) in [6.45, 7) is 0.382. The molecule has 27 heavy (non-hydrogen) atoms. The Bertz CT molecular complexity index is 1000. The highest BCUT2D eigenvalue weighted by Crippen LogP contribution is 2.22. The fourth-order valence-corrected chi connectivity index (χ4v) is 3.54. The van der Waals surface area contributed by atoms with Gasteiger partial charge in [0.15, 0.2) is 0 Å². The van der Waals surface area contributed by atoms with Crippen LogP contribution >= 0.6 is 11.8 Å². The minimum atomic E-state index is -0.437. The predicted octanol–water partition coefficient (Wildman–Crippen LogP) is 2.26. The normalized spacial score (nSPS) is 10.9. The van der Waals surface area contributed by atoms with Crippen LogP contribution in [-0.4, -0.2) is 33.7 Å². The number of imidazole rings is 1. The molecule has 0 spiro atoms. The van der Waals surface area contributed by atoms with E-state index in [1.165, 1.54) is 23.9 Å². The number of rotatable bonds is 7. The number of aryl methyl sites for hydroxylation is 1. The fraction of sp³-hybridized carbons (Fsp3) is 0.211. The number of hydrogen-bond donors (Lipinski definition) is 2. The molecule has 2 amide bonds. The summed E-state index contributed by atoms with van der Waals surface area (Å²) < 4.78 is 15.2. The molecule has 3 aromatic rings. The van der Waals surface area contributed by atoms with Gasteiger partial charge in [0, 0.05) is 24.9 Å². The molecule has 0 unspecified atom stereocenters. The summed E-state index contributed by atoms with van der Waals surface area (Å²) in [5.41, 5.74) is 7.10. The molecular weight excluding hydrogens is 367 g/mol. The van der Waals surface area contributed by atoms with Crippen LogP contribution in [0, 0.1) is 5.82 Å².